The molecule has 10 aromatic carbocycles. The van der Waals surface area contributed by atoms with E-state index in [2.05, 4.69) is 233 Å². The number of rotatable bonds is 7. The average Bonchev–Trinajstić information content (AvgIpc) is 3.88. The molecule has 0 bridgehead atoms. The molecule has 10 aromatic rings. The molecule has 13 rings (SSSR count). The van der Waals surface area contributed by atoms with Crippen LogP contribution in [0.4, 0.5) is 0 Å². The van der Waals surface area contributed by atoms with E-state index in [0.717, 1.165) is 35.1 Å². The lowest BCUT2D eigenvalue weighted by atomic mass is 9.68. The van der Waals surface area contributed by atoms with Crippen LogP contribution in [0.25, 0.3) is 99.2 Å². The predicted molar refractivity (Wildman–Crippen MR) is 297 cm³/mol. The molecule has 0 amide bonds. The second-order valence-electron chi connectivity index (χ2n) is 19.0. The van der Waals surface area contributed by atoms with E-state index in [0.29, 0.717) is 0 Å². The number of benzene rings is 10. The maximum atomic E-state index is 4.33. The Morgan fingerprint density at radius 3 is 1.70 bits per heavy atom. The highest BCUT2D eigenvalue weighted by Crippen LogP contribution is 2.66. The van der Waals surface area contributed by atoms with Crippen molar-refractivity contribution < 1.29 is 0 Å². The topological polar surface area (TPSA) is 0 Å². The van der Waals surface area contributed by atoms with Crippen molar-refractivity contribution in [1.29, 1.82) is 0 Å². The summed E-state index contributed by atoms with van der Waals surface area (Å²) in [6.07, 6.45) is 17.1. The molecule has 3 aliphatic carbocycles. The van der Waals surface area contributed by atoms with Gasteiger partial charge in [-0.25, -0.2) is 0 Å². The number of hydrogen-bond acceptors (Lipinski definition) is 0. The Morgan fingerprint density at radius 1 is 0.522 bits per heavy atom. The van der Waals surface area contributed by atoms with E-state index < -0.39 is 5.41 Å². The van der Waals surface area contributed by atoms with E-state index in [1.54, 1.807) is 0 Å². The van der Waals surface area contributed by atoms with Gasteiger partial charge in [0.2, 0.25) is 0 Å². The first-order valence-corrected chi connectivity index (χ1v) is 24.4. The molecular formula is C69H50. The van der Waals surface area contributed by atoms with Gasteiger partial charge in [0.15, 0.2) is 0 Å². The van der Waals surface area contributed by atoms with E-state index >= 15 is 0 Å². The minimum Gasteiger partial charge on any atom is -0.0991 e. The smallest absolute Gasteiger partial charge is 0.0731 e. The summed E-state index contributed by atoms with van der Waals surface area (Å²) >= 11 is 0. The molecule has 0 aromatic heterocycles. The highest BCUT2D eigenvalue weighted by atomic mass is 14.5. The largest absolute Gasteiger partial charge is 0.0991 e. The fraction of sp³-hybridized carbons (Fsp3) is 0.0725. The summed E-state index contributed by atoms with van der Waals surface area (Å²) in [7, 11) is 0. The molecule has 0 unspecified atom stereocenters. The van der Waals surface area contributed by atoms with Gasteiger partial charge in [0, 0.05) is 0 Å². The fourth-order valence-corrected chi connectivity index (χ4v) is 12.7. The summed E-state index contributed by atoms with van der Waals surface area (Å²) in [5.74, 6) is 0. The molecule has 0 aliphatic heterocycles. The van der Waals surface area contributed by atoms with Crippen molar-refractivity contribution in [2.24, 2.45) is 0 Å². The minimum atomic E-state index is -0.476. The molecule has 1 spiro atoms. The second-order valence-corrected chi connectivity index (χ2v) is 19.0. The van der Waals surface area contributed by atoms with Crippen molar-refractivity contribution >= 4 is 54.7 Å². The van der Waals surface area contributed by atoms with Gasteiger partial charge in [-0.2, -0.15) is 0 Å². The van der Waals surface area contributed by atoms with E-state index in [4.69, 9.17) is 0 Å². The Balaban J connectivity index is 1.08. The lowest BCUT2D eigenvalue weighted by molar-refractivity contribution is 0.800. The van der Waals surface area contributed by atoms with Crippen LogP contribution in [0.15, 0.2) is 237 Å². The molecule has 326 valence electrons. The number of aryl methyl sites for hydroxylation is 1. The summed E-state index contributed by atoms with van der Waals surface area (Å²) in [6.45, 7) is 12.4. The van der Waals surface area contributed by atoms with Gasteiger partial charge in [0.05, 0.1) is 5.41 Å². The monoisotopic (exact) mass is 878 g/mol. The molecule has 0 nitrogen and oxygen atoms in total. The lowest BCUT2D eigenvalue weighted by Crippen LogP contribution is -2.26. The number of allylic oxidation sites excluding steroid dienone is 9. The fourth-order valence-electron chi connectivity index (χ4n) is 12.7. The zero-order valence-electron chi connectivity index (χ0n) is 39.1. The van der Waals surface area contributed by atoms with Crippen LogP contribution in [-0.4, -0.2) is 0 Å². The molecule has 0 N–H and O–H groups in total. The van der Waals surface area contributed by atoms with Gasteiger partial charge in [0.25, 0.3) is 0 Å². The lowest BCUT2D eigenvalue weighted by Gasteiger charge is -2.32. The number of hydrogen-bond donors (Lipinski definition) is 0. The molecule has 0 saturated carbocycles. The van der Waals surface area contributed by atoms with Gasteiger partial charge in [0.1, 0.15) is 0 Å². The van der Waals surface area contributed by atoms with Crippen LogP contribution >= 0.6 is 0 Å². The molecule has 0 heterocycles. The molecule has 0 radical (unpaired) electrons. The first-order valence-electron chi connectivity index (χ1n) is 24.4. The molecular weight excluding hydrogens is 829 g/mol. The van der Waals surface area contributed by atoms with Crippen molar-refractivity contribution in [3.05, 3.63) is 276 Å². The van der Waals surface area contributed by atoms with Crippen LogP contribution in [0.2, 0.25) is 0 Å². The van der Waals surface area contributed by atoms with Gasteiger partial charge in [-0.15, -0.1) is 0 Å². The zero-order chi connectivity index (χ0) is 46.4. The predicted octanol–water partition coefficient (Wildman–Crippen LogP) is 18.6. The SMILES string of the molecule is C=C\C=C/C(C(=C)C)=C(/C=C\C)c1ccc(-c2c3ccccc3c(-c3ccc4c5c(c6ccccc6c4c3)-c3c(ccc4c3C=CCC4)C53c4ccccc4-c4ccccc43)c3ccccc23)cc1. The second kappa shape index (κ2) is 15.9. The Labute approximate surface area is 404 Å². The third-order valence-electron chi connectivity index (χ3n) is 15.4. The zero-order valence-corrected chi connectivity index (χ0v) is 39.1. The third-order valence-corrected chi connectivity index (χ3v) is 15.4. The molecule has 0 atom stereocenters. The summed E-state index contributed by atoms with van der Waals surface area (Å²) < 4.78 is 0. The van der Waals surface area contributed by atoms with Crippen molar-refractivity contribution in [3.63, 3.8) is 0 Å². The average molecular weight is 879 g/mol. The standard InChI is InChI=1S/C69H50/c1-5-7-22-48(43(3)4)49(20-6-2)45-34-36-46(37-35-45)64-55-28-12-14-30-57(55)65(58-31-15-13-29-56(58)64)47-38-40-59-60(42-47)51-24-10-11-27-54(51)67-66-50-23-9-8-21-44(50)39-41-63(66)69(68(59)67)61-32-18-16-25-52(61)53-26-17-19-33-62(53)69/h5-7,9-20,22-42H,1,3,8,21H2,2,4H3/b20-6-,22-7-,49-48+. The Hall–Kier alpha value is -8.32. The first kappa shape index (κ1) is 40.9. The molecule has 0 heteroatoms. The van der Waals surface area contributed by atoms with Crippen LogP contribution < -0.4 is 0 Å². The van der Waals surface area contributed by atoms with Crippen molar-refractivity contribution in [2.45, 2.75) is 32.1 Å². The molecule has 69 heavy (non-hydrogen) atoms. The van der Waals surface area contributed by atoms with E-state index in [1.807, 2.05) is 12.2 Å². The van der Waals surface area contributed by atoms with Gasteiger partial charge in [-0.3, -0.25) is 0 Å². The third kappa shape index (κ3) is 5.82. The minimum absolute atomic E-state index is 0.476. The van der Waals surface area contributed by atoms with E-state index in [9.17, 15) is 0 Å². The maximum absolute atomic E-state index is 4.33. The van der Waals surface area contributed by atoms with Gasteiger partial charge in [-0.1, -0.05) is 231 Å². The molecule has 0 fully saturated rings. The highest BCUT2D eigenvalue weighted by Gasteiger charge is 2.53. The normalized spacial score (nSPS) is 14.4. The van der Waals surface area contributed by atoms with Crippen molar-refractivity contribution in [3.8, 4) is 44.5 Å². The van der Waals surface area contributed by atoms with Crippen LogP contribution in [0.1, 0.15) is 59.2 Å². The summed E-state index contributed by atoms with van der Waals surface area (Å²) in [5, 5.41) is 10.2. The van der Waals surface area contributed by atoms with Gasteiger partial charge >= 0.3 is 0 Å². The summed E-state index contributed by atoms with van der Waals surface area (Å²) in [5.41, 5.74) is 22.7. The van der Waals surface area contributed by atoms with Crippen LogP contribution in [0.3, 0.4) is 0 Å². The van der Waals surface area contributed by atoms with Crippen molar-refractivity contribution in [1.82, 2.24) is 0 Å². The summed E-state index contributed by atoms with van der Waals surface area (Å²) in [6, 6.07) is 67.2. The number of fused-ring (bicyclic) bond motifs is 19. The van der Waals surface area contributed by atoms with Crippen LogP contribution in [0, 0.1) is 0 Å². The van der Waals surface area contributed by atoms with Crippen LogP contribution in [0.5, 0.6) is 0 Å². The summed E-state index contributed by atoms with van der Waals surface area (Å²) in [4.78, 5) is 0. The van der Waals surface area contributed by atoms with Gasteiger partial charge in [-0.05, 0) is 170 Å². The molecule has 3 aliphatic rings. The quantitative estimate of drug-likeness (QED) is 0.0850. The Morgan fingerprint density at radius 2 is 1.09 bits per heavy atom. The van der Waals surface area contributed by atoms with Crippen molar-refractivity contribution in [2.75, 3.05) is 0 Å². The Bertz CT molecular complexity index is 3890. The maximum Gasteiger partial charge on any atom is 0.0731 e. The van der Waals surface area contributed by atoms with E-state index in [-0.39, 0.29) is 0 Å². The van der Waals surface area contributed by atoms with E-state index in [1.165, 1.54) is 121 Å². The molecule has 0 saturated heterocycles. The Kier molecular flexibility index (Phi) is 9.43. The first-order chi connectivity index (χ1) is 34.0. The highest BCUT2D eigenvalue weighted by molar-refractivity contribution is 6.25. The van der Waals surface area contributed by atoms with Gasteiger partial charge < -0.3 is 0 Å². The van der Waals surface area contributed by atoms with Crippen LogP contribution in [-0.2, 0) is 11.8 Å².